The van der Waals surface area contributed by atoms with Gasteiger partial charge in [-0.15, -0.1) is 0 Å². The maximum Gasteiger partial charge on any atom is 0.134 e. The van der Waals surface area contributed by atoms with Crippen molar-refractivity contribution in [3.8, 4) is 0 Å². The van der Waals surface area contributed by atoms with E-state index in [9.17, 15) is 0 Å². The second-order valence-electron chi connectivity index (χ2n) is 4.57. The number of likely N-dealkylation sites (tertiary alicyclic amines) is 1. The van der Waals surface area contributed by atoms with Gasteiger partial charge in [0.05, 0.1) is 0 Å². The number of piperidine rings is 1. The van der Waals surface area contributed by atoms with Gasteiger partial charge in [-0.25, -0.2) is 9.97 Å². The predicted octanol–water partition coefficient (Wildman–Crippen LogP) is 2.20. The van der Waals surface area contributed by atoms with Gasteiger partial charge in [0.1, 0.15) is 16.8 Å². The number of aromatic nitrogens is 2. The molecular weight excluding hydrogens is 236 g/mol. The largest absolute Gasteiger partial charge is 0.367 e. The maximum atomic E-state index is 5.97. The minimum Gasteiger partial charge on any atom is -0.367 e. The van der Waals surface area contributed by atoms with Crippen LogP contribution in [0.25, 0.3) is 0 Å². The Bertz CT molecular complexity index is 375. The molecule has 0 atom stereocenters. The molecule has 0 spiro atoms. The minimum atomic E-state index is 0.502. The van der Waals surface area contributed by atoms with Crippen molar-refractivity contribution in [3.05, 3.63) is 17.0 Å². The Balaban J connectivity index is 2.00. The summed E-state index contributed by atoms with van der Waals surface area (Å²) in [4.78, 5) is 11.0. The first kappa shape index (κ1) is 12.6. The Morgan fingerprint density at radius 3 is 2.76 bits per heavy atom. The van der Waals surface area contributed by atoms with E-state index >= 15 is 0 Å². The Hall–Kier alpha value is -0.870. The first-order valence-corrected chi connectivity index (χ1v) is 6.53. The summed E-state index contributed by atoms with van der Waals surface area (Å²) in [6.07, 6.45) is 3.11. The van der Waals surface area contributed by atoms with Crippen LogP contribution in [0.5, 0.6) is 0 Å². The first-order valence-electron chi connectivity index (χ1n) is 6.16. The lowest BCUT2D eigenvalue weighted by Crippen LogP contribution is -2.36. The number of hydrogen-bond donors (Lipinski definition) is 1. The summed E-state index contributed by atoms with van der Waals surface area (Å²) in [5, 5.41) is 3.98. The van der Waals surface area contributed by atoms with Crippen LogP contribution >= 0.6 is 11.6 Å². The van der Waals surface area contributed by atoms with Gasteiger partial charge in [-0.05, 0) is 33.0 Å². The van der Waals surface area contributed by atoms with Gasteiger partial charge < -0.3 is 10.2 Å². The van der Waals surface area contributed by atoms with Crippen molar-refractivity contribution in [2.45, 2.75) is 32.2 Å². The van der Waals surface area contributed by atoms with Crippen LogP contribution in [-0.4, -0.2) is 41.0 Å². The molecule has 1 aromatic rings. The first-order chi connectivity index (χ1) is 8.17. The maximum absolute atomic E-state index is 5.97. The lowest BCUT2D eigenvalue weighted by atomic mass is 10.1. The fraction of sp³-hybridized carbons (Fsp3) is 0.667. The van der Waals surface area contributed by atoms with E-state index < -0.39 is 0 Å². The van der Waals surface area contributed by atoms with Crippen molar-refractivity contribution < 1.29 is 0 Å². The molecule has 1 aliphatic rings. The summed E-state index contributed by atoms with van der Waals surface area (Å²) < 4.78 is 0. The fourth-order valence-electron chi connectivity index (χ4n) is 2.06. The topological polar surface area (TPSA) is 41.1 Å². The molecule has 1 aromatic heterocycles. The van der Waals surface area contributed by atoms with Crippen molar-refractivity contribution in [1.82, 2.24) is 14.9 Å². The molecule has 0 amide bonds. The van der Waals surface area contributed by atoms with Gasteiger partial charge in [0, 0.05) is 18.5 Å². The van der Waals surface area contributed by atoms with Crippen LogP contribution in [-0.2, 0) is 6.42 Å². The molecular formula is C12H19ClN4. The lowest BCUT2D eigenvalue weighted by molar-refractivity contribution is 0.263. The summed E-state index contributed by atoms with van der Waals surface area (Å²) in [5.74, 6) is 1.66. The number of hydrogen-bond acceptors (Lipinski definition) is 4. The number of nitrogens with zero attached hydrogens (tertiary/aromatic N) is 3. The molecule has 1 saturated heterocycles. The summed E-state index contributed by atoms with van der Waals surface area (Å²) in [5.41, 5.74) is 0. The van der Waals surface area contributed by atoms with Gasteiger partial charge in [0.15, 0.2) is 0 Å². The molecule has 0 saturated carbocycles. The van der Waals surface area contributed by atoms with E-state index in [4.69, 9.17) is 11.6 Å². The normalized spacial score (nSPS) is 18.3. The highest BCUT2D eigenvalue weighted by atomic mass is 35.5. The van der Waals surface area contributed by atoms with Crippen molar-refractivity contribution >= 4 is 17.4 Å². The zero-order valence-corrected chi connectivity index (χ0v) is 11.2. The van der Waals surface area contributed by atoms with Crippen LogP contribution in [0.4, 0.5) is 5.82 Å². The third kappa shape index (κ3) is 3.54. The smallest absolute Gasteiger partial charge is 0.134 e. The number of nitrogens with one attached hydrogen (secondary N) is 1. The van der Waals surface area contributed by atoms with E-state index in [0.29, 0.717) is 11.2 Å². The average Bonchev–Trinajstić information content (AvgIpc) is 2.31. The third-order valence-corrected chi connectivity index (χ3v) is 3.32. The number of rotatable bonds is 3. The molecule has 5 heteroatoms. The Labute approximate surface area is 107 Å². The lowest BCUT2D eigenvalue weighted by Gasteiger charge is -2.29. The van der Waals surface area contributed by atoms with Crippen molar-refractivity contribution in [1.29, 1.82) is 0 Å². The zero-order valence-electron chi connectivity index (χ0n) is 10.4. The predicted molar refractivity (Wildman–Crippen MR) is 70.6 cm³/mol. The van der Waals surface area contributed by atoms with Gasteiger partial charge in [0.2, 0.25) is 0 Å². The monoisotopic (exact) mass is 254 g/mol. The highest BCUT2D eigenvalue weighted by molar-refractivity contribution is 6.29. The van der Waals surface area contributed by atoms with E-state index in [0.717, 1.165) is 44.0 Å². The molecule has 0 bridgehead atoms. The van der Waals surface area contributed by atoms with Crippen LogP contribution in [0, 0.1) is 0 Å². The van der Waals surface area contributed by atoms with E-state index in [1.165, 1.54) is 0 Å². The summed E-state index contributed by atoms with van der Waals surface area (Å²) >= 11 is 5.97. The molecule has 0 unspecified atom stereocenters. The average molecular weight is 255 g/mol. The summed E-state index contributed by atoms with van der Waals surface area (Å²) in [6.45, 7) is 4.30. The molecule has 4 nitrogen and oxygen atoms in total. The van der Waals surface area contributed by atoms with Gasteiger partial charge >= 0.3 is 0 Å². The van der Waals surface area contributed by atoms with Crippen molar-refractivity contribution in [2.24, 2.45) is 0 Å². The summed E-state index contributed by atoms with van der Waals surface area (Å²) in [7, 11) is 2.16. The van der Waals surface area contributed by atoms with Crippen molar-refractivity contribution in [3.63, 3.8) is 0 Å². The molecule has 1 aliphatic heterocycles. The van der Waals surface area contributed by atoms with E-state index in [-0.39, 0.29) is 0 Å². The standard InChI is InChI=1S/C12H19ClN4/c1-3-11-15-10(13)8-12(16-11)14-9-4-6-17(2)7-5-9/h8-9H,3-7H2,1-2H3,(H,14,15,16). The second kappa shape index (κ2) is 5.65. The molecule has 2 rings (SSSR count). The molecule has 0 aliphatic carbocycles. The zero-order chi connectivity index (χ0) is 12.3. The van der Waals surface area contributed by atoms with Gasteiger partial charge in [-0.1, -0.05) is 18.5 Å². The van der Waals surface area contributed by atoms with E-state index in [1.807, 2.05) is 6.92 Å². The van der Waals surface area contributed by atoms with Gasteiger partial charge in [0.25, 0.3) is 0 Å². The van der Waals surface area contributed by atoms with Gasteiger partial charge in [-0.2, -0.15) is 0 Å². The van der Waals surface area contributed by atoms with Crippen LogP contribution in [0.15, 0.2) is 6.07 Å². The Morgan fingerprint density at radius 2 is 2.12 bits per heavy atom. The summed E-state index contributed by atoms with van der Waals surface area (Å²) in [6, 6.07) is 2.31. The highest BCUT2D eigenvalue weighted by Gasteiger charge is 2.17. The van der Waals surface area contributed by atoms with E-state index in [1.54, 1.807) is 6.07 Å². The molecule has 0 aromatic carbocycles. The fourth-order valence-corrected chi connectivity index (χ4v) is 2.26. The third-order valence-electron chi connectivity index (χ3n) is 3.13. The number of anilines is 1. The Morgan fingerprint density at radius 1 is 1.41 bits per heavy atom. The van der Waals surface area contributed by atoms with Crippen molar-refractivity contribution in [2.75, 3.05) is 25.5 Å². The number of halogens is 1. The van der Waals surface area contributed by atoms with Gasteiger partial charge in [-0.3, -0.25) is 0 Å². The number of aryl methyl sites for hydroxylation is 1. The van der Waals surface area contributed by atoms with Crippen LogP contribution in [0.2, 0.25) is 5.15 Å². The van der Waals surface area contributed by atoms with Crippen LogP contribution in [0.1, 0.15) is 25.6 Å². The van der Waals surface area contributed by atoms with E-state index in [2.05, 4.69) is 27.2 Å². The molecule has 1 fully saturated rings. The minimum absolute atomic E-state index is 0.502. The molecule has 17 heavy (non-hydrogen) atoms. The molecule has 0 radical (unpaired) electrons. The molecule has 2 heterocycles. The van der Waals surface area contributed by atoms with Crippen LogP contribution in [0.3, 0.4) is 0 Å². The van der Waals surface area contributed by atoms with Crippen LogP contribution < -0.4 is 5.32 Å². The molecule has 1 N–H and O–H groups in total. The quantitative estimate of drug-likeness (QED) is 0.840. The second-order valence-corrected chi connectivity index (χ2v) is 4.95. The molecule has 94 valence electrons. The SMILES string of the molecule is CCc1nc(Cl)cc(NC2CCN(C)CC2)n1. The Kier molecular flexibility index (Phi) is 4.18. The highest BCUT2D eigenvalue weighted by Crippen LogP contribution is 2.17.